The van der Waals surface area contributed by atoms with Gasteiger partial charge in [-0.15, -0.1) is 0 Å². The Kier molecular flexibility index (Phi) is 1.83. The summed E-state index contributed by atoms with van der Waals surface area (Å²) in [6.07, 6.45) is 0. The average molecular weight is 211 g/mol. The van der Waals surface area contributed by atoms with Crippen molar-refractivity contribution in [2.75, 3.05) is 0 Å². The fourth-order valence-corrected chi connectivity index (χ4v) is 2.08. The second-order valence-electron chi connectivity index (χ2n) is 2.99. The quantitative estimate of drug-likeness (QED) is 0.733. The van der Waals surface area contributed by atoms with Gasteiger partial charge >= 0.3 is 0 Å². The van der Waals surface area contributed by atoms with Gasteiger partial charge in [0.05, 0.1) is 11.0 Å². The number of benzene rings is 1. The topological polar surface area (TPSA) is 78.0 Å². The van der Waals surface area contributed by atoms with Crippen molar-refractivity contribution in [2.45, 2.75) is 5.16 Å². The van der Waals surface area contributed by atoms with Gasteiger partial charge in [-0.25, -0.2) is 18.5 Å². The van der Waals surface area contributed by atoms with Crippen LogP contribution in [-0.4, -0.2) is 18.0 Å². The molecule has 0 radical (unpaired) electrons. The van der Waals surface area contributed by atoms with E-state index in [-0.39, 0.29) is 5.16 Å². The molecule has 74 valence electrons. The Hall–Kier alpha value is -1.40. The number of nitrogens with two attached hydrogens (primary N) is 1. The molecule has 0 aliphatic carbocycles. The van der Waals surface area contributed by atoms with E-state index in [0.29, 0.717) is 5.52 Å². The highest BCUT2D eigenvalue weighted by atomic mass is 32.2. The number of aromatic nitrogens is 2. The molecule has 6 heteroatoms. The SMILES string of the molecule is Cn1c(S(N)(=O)=O)nc2ccccc21. The van der Waals surface area contributed by atoms with Crippen molar-refractivity contribution < 1.29 is 8.42 Å². The van der Waals surface area contributed by atoms with Gasteiger partial charge in [0.25, 0.3) is 10.0 Å². The van der Waals surface area contributed by atoms with Gasteiger partial charge in [-0.05, 0) is 12.1 Å². The Morgan fingerprint density at radius 2 is 2.00 bits per heavy atom. The van der Waals surface area contributed by atoms with E-state index < -0.39 is 10.0 Å². The number of primary sulfonamides is 1. The van der Waals surface area contributed by atoms with Crippen LogP contribution in [0.25, 0.3) is 11.0 Å². The monoisotopic (exact) mass is 211 g/mol. The van der Waals surface area contributed by atoms with E-state index >= 15 is 0 Å². The number of hydrogen-bond acceptors (Lipinski definition) is 3. The lowest BCUT2D eigenvalue weighted by Gasteiger charge is -1.97. The second-order valence-corrected chi connectivity index (χ2v) is 4.44. The number of rotatable bonds is 1. The van der Waals surface area contributed by atoms with Crippen LogP contribution in [0.4, 0.5) is 0 Å². The van der Waals surface area contributed by atoms with E-state index in [1.807, 2.05) is 6.07 Å². The molecule has 1 heterocycles. The first-order valence-corrected chi connectivity index (χ1v) is 5.49. The molecule has 0 saturated carbocycles. The summed E-state index contributed by atoms with van der Waals surface area (Å²) in [5, 5.41) is 4.90. The van der Waals surface area contributed by atoms with E-state index in [2.05, 4.69) is 4.98 Å². The number of aryl methyl sites for hydroxylation is 1. The van der Waals surface area contributed by atoms with Gasteiger partial charge < -0.3 is 4.57 Å². The van der Waals surface area contributed by atoms with E-state index in [1.54, 1.807) is 25.2 Å². The molecule has 14 heavy (non-hydrogen) atoms. The third kappa shape index (κ3) is 1.28. The first-order valence-electron chi connectivity index (χ1n) is 3.94. The van der Waals surface area contributed by atoms with Gasteiger partial charge in [0, 0.05) is 7.05 Å². The third-order valence-electron chi connectivity index (χ3n) is 2.00. The lowest BCUT2D eigenvalue weighted by atomic mass is 10.3. The van der Waals surface area contributed by atoms with Crippen LogP contribution in [0.2, 0.25) is 0 Å². The van der Waals surface area contributed by atoms with Crippen LogP contribution in [0, 0.1) is 0 Å². The number of nitrogens with zero attached hydrogens (tertiary/aromatic N) is 2. The van der Waals surface area contributed by atoms with Crippen molar-refractivity contribution in [3.63, 3.8) is 0 Å². The highest BCUT2D eigenvalue weighted by Gasteiger charge is 2.16. The zero-order valence-electron chi connectivity index (χ0n) is 7.51. The summed E-state index contributed by atoms with van der Waals surface area (Å²) in [6.45, 7) is 0. The molecule has 1 aromatic heterocycles. The minimum atomic E-state index is -3.74. The Labute approximate surface area is 81.2 Å². The number of hydrogen-bond donors (Lipinski definition) is 1. The van der Waals surface area contributed by atoms with E-state index in [9.17, 15) is 8.42 Å². The van der Waals surface area contributed by atoms with Gasteiger partial charge in [-0.1, -0.05) is 12.1 Å². The van der Waals surface area contributed by atoms with Gasteiger partial charge in [-0.3, -0.25) is 0 Å². The predicted octanol–water partition coefficient (Wildman–Crippen LogP) is 0.221. The summed E-state index contributed by atoms with van der Waals surface area (Å²) in [4.78, 5) is 3.93. The molecule has 0 atom stereocenters. The maximum absolute atomic E-state index is 11.1. The van der Waals surface area contributed by atoms with Gasteiger partial charge in [-0.2, -0.15) is 0 Å². The summed E-state index contributed by atoms with van der Waals surface area (Å²) in [5.74, 6) is 0. The average Bonchev–Trinajstić information content (AvgIpc) is 2.44. The molecule has 0 unspecified atom stereocenters. The Morgan fingerprint density at radius 1 is 1.36 bits per heavy atom. The molecule has 0 spiro atoms. The van der Waals surface area contributed by atoms with Crippen molar-refractivity contribution in [3.8, 4) is 0 Å². The van der Waals surface area contributed by atoms with Crippen molar-refractivity contribution in [1.82, 2.24) is 9.55 Å². The fraction of sp³-hybridized carbons (Fsp3) is 0.125. The zero-order valence-corrected chi connectivity index (χ0v) is 8.32. The maximum Gasteiger partial charge on any atom is 0.272 e. The van der Waals surface area contributed by atoms with Crippen LogP contribution < -0.4 is 5.14 Å². The Balaban J connectivity index is 2.89. The first kappa shape index (κ1) is 9.17. The number of sulfonamides is 1. The predicted molar refractivity (Wildman–Crippen MR) is 52.1 cm³/mol. The van der Waals surface area contributed by atoms with Gasteiger partial charge in [0.1, 0.15) is 0 Å². The summed E-state index contributed by atoms with van der Waals surface area (Å²) in [5.41, 5.74) is 1.37. The van der Waals surface area contributed by atoms with E-state index in [0.717, 1.165) is 5.52 Å². The molecule has 2 aromatic rings. The van der Waals surface area contributed by atoms with Crippen LogP contribution in [0.3, 0.4) is 0 Å². The highest BCUT2D eigenvalue weighted by molar-refractivity contribution is 7.89. The van der Waals surface area contributed by atoms with Crippen molar-refractivity contribution in [2.24, 2.45) is 12.2 Å². The lowest BCUT2D eigenvalue weighted by Crippen LogP contribution is -2.16. The molecule has 0 saturated heterocycles. The molecule has 2 rings (SSSR count). The maximum atomic E-state index is 11.1. The van der Waals surface area contributed by atoms with E-state index in [4.69, 9.17) is 5.14 Å². The van der Waals surface area contributed by atoms with Crippen molar-refractivity contribution in [3.05, 3.63) is 24.3 Å². The fourth-order valence-electron chi connectivity index (χ4n) is 1.38. The largest absolute Gasteiger partial charge is 0.317 e. The van der Waals surface area contributed by atoms with Crippen molar-refractivity contribution >= 4 is 21.1 Å². The van der Waals surface area contributed by atoms with Gasteiger partial charge in [0.15, 0.2) is 0 Å². The highest BCUT2D eigenvalue weighted by Crippen LogP contribution is 2.16. The standard InChI is InChI=1S/C8H9N3O2S/c1-11-7-5-3-2-4-6(7)10-8(11)14(9,12)13/h2-5H,1H3,(H2,9,12,13). The minimum Gasteiger partial charge on any atom is -0.317 e. The zero-order chi connectivity index (χ0) is 10.3. The van der Waals surface area contributed by atoms with Crippen LogP contribution in [-0.2, 0) is 17.1 Å². The van der Waals surface area contributed by atoms with E-state index in [1.165, 1.54) is 4.57 Å². The molecule has 5 nitrogen and oxygen atoms in total. The normalized spacial score (nSPS) is 12.1. The minimum absolute atomic E-state index is 0.112. The molecule has 0 fully saturated rings. The summed E-state index contributed by atoms with van der Waals surface area (Å²) in [6, 6.07) is 7.14. The lowest BCUT2D eigenvalue weighted by molar-refractivity contribution is 0.582. The Bertz CT molecular complexity index is 586. The first-order chi connectivity index (χ1) is 6.50. The molecule has 0 amide bonds. The molecular formula is C8H9N3O2S. The molecule has 0 aliphatic rings. The smallest absolute Gasteiger partial charge is 0.272 e. The molecule has 1 aromatic carbocycles. The summed E-state index contributed by atoms with van der Waals surface area (Å²) < 4.78 is 23.7. The summed E-state index contributed by atoms with van der Waals surface area (Å²) >= 11 is 0. The number of para-hydroxylation sites is 2. The van der Waals surface area contributed by atoms with Crippen molar-refractivity contribution in [1.29, 1.82) is 0 Å². The second kappa shape index (κ2) is 2.79. The molecular weight excluding hydrogens is 202 g/mol. The number of imidazole rings is 1. The molecule has 0 bridgehead atoms. The summed E-state index contributed by atoms with van der Waals surface area (Å²) in [7, 11) is -2.12. The van der Waals surface area contributed by atoms with Gasteiger partial charge in [0.2, 0.25) is 5.16 Å². The third-order valence-corrected chi connectivity index (χ3v) is 2.87. The molecule has 0 aliphatic heterocycles. The number of fused-ring (bicyclic) bond motifs is 1. The van der Waals surface area contributed by atoms with Crippen LogP contribution >= 0.6 is 0 Å². The Morgan fingerprint density at radius 3 is 2.57 bits per heavy atom. The molecule has 2 N–H and O–H groups in total. The van der Waals surface area contributed by atoms with Crippen LogP contribution in [0.15, 0.2) is 29.4 Å². The van der Waals surface area contributed by atoms with Crippen LogP contribution in [0.1, 0.15) is 0 Å². The van der Waals surface area contributed by atoms with Crippen LogP contribution in [0.5, 0.6) is 0 Å².